The summed E-state index contributed by atoms with van der Waals surface area (Å²) < 4.78 is 5.21. The van der Waals surface area contributed by atoms with Crippen molar-refractivity contribution >= 4 is 11.0 Å². The largest absolute Gasteiger partial charge is 0.497 e. The lowest BCUT2D eigenvalue weighted by atomic mass is 10.2. The van der Waals surface area contributed by atoms with E-state index < -0.39 is 0 Å². The van der Waals surface area contributed by atoms with Gasteiger partial charge in [-0.05, 0) is 32.0 Å². The Hall–Kier alpha value is -2.43. The van der Waals surface area contributed by atoms with Crippen molar-refractivity contribution in [2.45, 2.75) is 13.8 Å². The molecule has 0 spiro atoms. The molecule has 3 rings (SSSR count). The highest BCUT2D eigenvalue weighted by molar-refractivity contribution is 5.81. The predicted octanol–water partition coefficient (Wildman–Crippen LogP) is 2.65. The van der Waals surface area contributed by atoms with Gasteiger partial charge < -0.3 is 9.72 Å². The van der Waals surface area contributed by atoms with Gasteiger partial charge in [-0.1, -0.05) is 0 Å². The molecule has 0 amide bonds. The Morgan fingerprint density at radius 1 is 1.11 bits per heavy atom. The van der Waals surface area contributed by atoms with Crippen LogP contribution in [0.4, 0.5) is 0 Å². The van der Waals surface area contributed by atoms with Crippen molar-refractivity contribution in [3.63, 3.8) is 0 Å². The molecular weight excluding hydrogens is 240 g/mol. The van der Waals surface area contributed by atoms with Crippen LogP contribution in [0.1, 0.15) is 11.4 Å². The molecule has 0 aliphatic rings. The second kappa shape index (κ2) is 4.35. The summed E-state index contributed by atoms with van der Waals surface area (Å²) in [6.45, 7) is 3.84. The molecule has 0 atom stereocenters. The number of ether oxygens (including phenoxy) is 1. The number of hydrogen-bond donors (Lipinski definition) is 1. The third-order valence-electron chi connectivity index (χ3n) is 3.04. The van der Waals surface area contributed by atoms with Crippen molar-refractivity contribution in [1.29, 1.82) is 0 Å². The average Bonchev–Trinajstić information content (AvgIpc) is 2.83. The number of aromatic amines is 1. The van der Waals surface area contributed by atoms with Gasteiger partial charge >= 0.3 is 0 Å². The fourth-order valence-electron chi connectivity index (χ4n) is 2.03. The maximum absolute atomic E-state index is 5.21. The van der Waals surface area contributed by atoms with Crippen LogP contribution in [0.2, 0.25) is 0 Å². The summed E-state index contributed by atoms with van der Waals surface area (Å²) in [4.78, 5) is 7.88. The molecule has 3 aromatic rings. The van der Waals surface area contributed by atoms with Crippen LogP contribution in [0.5, 0.6) is 5.75 Å². The van der Waals surface area contributed by atoms with E-state index in [0.29, 0.717) is 0 Å². The topological polar surface area (TPSA) is 63.7 Å². The standard InChI is InChI=1S/C14H14N4O/c1-8-6-11(9(2)18-17-8)14-15-12-5-4-10(19-3)7-13(12)16-14/h4-7H,1-3H3,(H,15,16). The molecule has 0 unspecified atom stereocenters. The van der Waals surface area contributed by atoms with Crippen LogP contribution in [-0.4, -0.2) is 27.3 Å². The van der Waals surface area contributed by atoms with E-state index in [2.05, 4.69) is 20.2 Å². The van der Waals surface area contributed by atoms with Crippen LogP contribution in [0, 0.1) is 13.8 Å². The molecule has 0 saturated heterocycles. The van der Waals surface area contributed by atoms with Crippen molar-refractivity contribution in [3.05, 3.63) is 35.7 Å². The molecule has 2 aromatic heterocycles. The first-order chi connectivity index (χ1) is 9.17. The number of nitrogens with zero attached hydrogens (tertiary/aromatic N) is 3. The number of nitrogens with one attached hydrogen (secondary N) is 1. The molecule has 0 fully saturated rings. The van der Waals surface area contributed by atoms with E-state index >= 15 is 0 Å². The zero-order chi connectivity index (χ0) is 13.4. The Balaban J connectivity index is 2.17. The minimum Gasteiger partial charge on any atom is -0.497 e. The molecular formula is C14H14N4O. The molecule has 0 radical (unpaired) electrons. The molecule has 0 aliphatic heterocycles. The number of aromatic nitrogens is 4. The summed E-state index contributed by atoms with van der Waals surface area (Å²) in [5, 5.41) is 8.16. The molecule has 1 N–H and O–H groups in total. The predicted molar refractivity (Wildman–Crippen MR) is 73.1 cm³/mol. The highest BCUT2D eigenvalue weighted by Gasteiger charge is 2.10. The number of benzene rings is 1. The van der Waals surface area contributed by atoms with Gasteiger partial charge in [-0.3, -0.25) is 0 Å². The Morgan fingerprint density at radius 3 is 2.74 bits per heavy atom. The van der Waals surface area contributed by atoms with E-state index in [1.807, 2.05) is 38.1 Å². The van der Waals surface area contributed by atoms with Gasteiger partial charge in [0.15, 0.2) is 0 Å². The molecule has 19 heavy (non-hydrogen) atoms. The average molecular weight is 254 g/mol. The summed E-state index contributed by atoms with van der Waals surface area (Å²) in [6, 6.07) is 7.75. The van der Waals surface area contributed by atoms with Gasteiger partial charge in [0.25, 0.3) is 0 Å². The van der Waals surface area contributed by atoms with Crippen molar-refractivity contribution in [2.24, 2.45) is 0 Å². The van der Waals surface area contributed by atoms with Gasteiger partial charge in [0.2, 0.25) is 0 Å². The molecule has 0 saturated carbocycles. The number of imidazole rings is 1. The van der Waals surface area contributed by atoms with Gasteiger partial charge in [0.1, 0.15) is 11.6 Å². The smallest absolute Gasteiger partial charge is 0.140 e. The van der Waals surface area contributed by atoms with E-state index in [0.717, 1.165) is 39.6 Å². The van der Waals surface area contributed by atoms with E-state index in [1.165, 1.54) is 0 Å². The Bertz CT molecular complexity index is 748. The van der Waals surface area contributed by atoms with E-state index in [1.54, 1.807) is 7.11 Å². The first kappa shape index (κ1) is 11.6. The number of aryl methyl sites for hydroxylation is 2. The number of rotatable bonds is 2. The van der Waals surface area contributed by atoms with Gasteiger partial charge in [-0.15, -0.1) is 0 Å². The molecule has 5 heteroatoms. The number of fused-ring (bicyclic) bond motifs is 1. The van der Waals surface area contributed by atoms with Crippen LogP contribution in [0.25, 0.3) is 22.4 Å². The fraction of sp³-hybridized carbons (Fsp3) is 0.214. The number of H-pyrrole nitrogens is 1. The SMILES string of the molecule is COc1ccc2nc(-c3cc(C)nnc3C)[nH]c2c1. The van der Waals surface area contributed by atoms with Gasteiger partial charge in [0.05, 0.1) is 29.5 Å². The quantitative estimate of drug-likeness (QED) is 0.763. The maximum Gasteiger partial charge on any atom is 0.140 e. The monoisotopic (exact) mass is 254 g/mol. The Morgan fingerprint density at radius 2 is 1.95 bits per heavy atom. The fourth-order valence-corrected chi connectivity index (χ4v) is 2.03. The summed E-state index contributed by atoms with van der Waals surface area (Å²) in [6.07, 6.45) is 0. The number of hydrogen-bond acceptors (Lipinski definition) is 4. The van der Waals surface area contributed by atoms with Crippen LogP contribution in [0.15, 0.2) is 24.3 Å². The molecule has 0 aliphatic carbocycles. The zero-order valence-corrected chi connectivity index (χ0v) is 11.1. The minimum absolute atomic E-state index is 0.804. The normalized spacial score (nSPS) is 10.9. The Kier molecular flexibility index (Phi) is 2.67. The summed E-state index contributed by atoms with van der Waals surface area (Å²) in [5.41, 5.74) is 4.56. The van der Waals surface area contributed by atoms with Crippen LogP contribution in [0.3, 0.4) is 0 Å². The van der Waals surface area contributed by atoms with Crippen molar-refractivity contribution in [2.75, 3.05) is 7.11 Å². The highest BCUT2D eigenvalue weighted by Crippen LogP contribution is 2.25. The van der Waals surface area contributed by atoms with Gasteiger partial charge in [0, 0.05) is 11.6 Å². The second-order valence-corrected chi connectivity index (χ2v) is 4.45. The third kappa shape index (κ3) is 2.03. The van der Waals surface area contributed by atoms with E-state index in [-0.39, 0.29) is 0 Å². The second-order valence-electron chi connectivity index (χ2n) is 4.45. The lowest BCUT2D eigenvalue weighted by Gasteiger charge is -2.01. The van der Waals surface area contributed by atoms with Crippen LogP contribution < -0.4 is 4.74 Å². The lowest BCUT2D eigenvalue weighted by Crippen LogP contribution is -1.94. The number of methoxy groups -OCH3 is 1. The van der Waals surface area contributed by atoms with E-state index in [9.17, 15) is 0 Å². The first-order valence-corrected chi connectivity index (χ1v) is 6.02. The van der Waals surface area contributed by atoms with Crippen LogP contribution >= 0.6 is 0 Å². The zero-order valence-electron chi connectivity index (χ0n) is 11.1. The van der Waals surface area contributed by atoms with E-state index in [4.69, 9.17) is 4.74 Å². The molecule has 0 bridgehead atoms. The first-order valence-electron chi connectivity index (χ1n) is 6.02. The molecule has 2 heterocycles. The van der Waals surface area contributed by atoms with Crippen molar-refractivity contribution in [3.8, 4) is 17.1 Å². The molecule has 1 aromatic carbocycles. The highest BCUT2D eigenvalue weighted by atomic mass is 16.5. The lowest BCUT2D eigenvalue weighted by molar-refractivity contribution is 0.415. The minimum atomic E-state index is 0.804. The maximum atomic E-state index is 5.21. The molecule has 5 nitrogen and oxygen atoms in total. The van der Waals surface area contributed by atoms with Crippen LogP contribution in [-0.2, 0) is 0 Å². The van der Waals surface area contributed by atoms with Gasteiger partial charge in [-0.2, -0.15) is 10.2 Å². The Labute approximate surface area is 110 Å². The summed E-state index contributed by atoms with van der Waals surface area (Å²) in [7, 11) is 1.65. The molecule has 96 valence electrons. The van der Waals surface area contributed by atoms with Crippen molar-refractivity contribution in [1.82, 2.24) is 20.2 Å². The summed E-state index contributed by atoms with van der Waals surface area (Å²) >= 11 is 0. The van der Waals surface area contributed by atoms with Gasteiger partial charge in [-0.25, -0.2) is 4.98 Å². The summed E-state index contributed by atoms with van der Waals surface area (Å²) in [5.74, 6) is 1.61. The third-order valence-corrected chi connectivity index (χ3v) is 3.04. The van der Waals surface area contributed by atoms with Crippen molar-refractivity contribution < 1.29 is 4.74 Å².